The molecule has 0 atom stereocenters. The number of amides is 1. The molecule has 0 saturated heterocycles. The van der Waals surface area contributed by atoms with Gasteiger partial charge in [0.2, 0.25) is 11.8 Å². The summed E-state index contributed by atoms with van der Waals surface area (Å²) in [6.07, 6.45) is 6.72. The molecule has 1 amide bonds. The summed E-state index contributed by atoms with van der Waals surface area (Å²) in [5, 5.41) is 2.95. The van der Waals surface area contributed by atoms with E-state index in [4.69, 9.17) is 14.2 Å². The summed E-state index contributed by atoms with van der Waals surface area (Å²) in [5.74, 6) is 1.86. The number of carbonyl (C=O) groups is 1. The predicted octanol–water partition coefficient (Wildman–Crippen LogP) is 3.28. The molecule has 0 aliphatic heterocycles. The minimum Gasteiger partial charge on any atom is -0.497 e. The third-order valence-corrected chi connectivity index (χ3v) is 4.75. The minimum atomic E-state index is -0.0888. The van der Waals surface area contributed by atoms with E-state index in [0.717, 1.165) is 24.0 Å². The van der Waals surface area contributed by atoms with Crippen molar-refractivity contribution < 1.29 is 19.0 Å². The average Bonchev–Trinajstić information content (AvgIpc) is 3.20. The van der Waals surface area contributed by atoms with Crippen LogP contribution in [0.25, 0.3) is 0 Å². The van der Waals surface area contributed by atoms with Gasteiger partial charge in [0, 0.05) is 29.9 Å². The first-order valence-corrected chi connectivity index (χ1v) is 9.27. The first-order chi connectivity index (χ1) is 13.2. The lowest BCUT2D eigenvalue weighted by Gasteiger charge is -2.15. The summed E-state index contributed by atoms with van der Waals surface area (Å²) in [6.45, 7) is 0.382. The SMILES string of the molecule is COc1ccc(CC(=O)NCc2cccnc2OC2CCCC2)c(OC)c1. The van der Waals surface area contributed by atoms with Crippen molar-refractivity contribution in [3.05, 3.63) is 47.7 Å². The lowest BCUT2D eigenvalue weighted by Crippen LogP contribution is -2.25. The molecule has 1 heterocycles. The molecule has 6 heteroatoms. The molecule has 1 aliphatic carbocycles. The largest absolute Gasteiger partial charge is 0.497 e. The molecule has 1 N–H and O–H groups in total. The highest BCUT2D eigenvalue weighted by Crippen LogP contribution is 2.26. The Kier molecular flexibility index (Phi) is 6.52. The van der Waals surface area contributed by atoms with Crippen LogP contribution in [-0.4, -0.2) is 31.2 Å². The highest BCUT2D eigenvalue weighted by Gasteiger charge is 2.19. The van der Waals surface area contributed by atoms with Gasteiger partial charge >= 0.3 is 0 Å². The fourth-order valence-electron chi connectivity index (χ4n) is 3.26. The molecule has 1 aromatic heterocycles. The molecule has 2 aromatic rings. The van der Waals surface area contributed by atoms with E-state index in [1.54, 1.807) is 26.5 Å². The highest BCUT2D eigenvalue weighted by molar-refractivity contribution is 5.79. The van der Waals surface area contributed by atoms with Gasteiger partial charge in [-0.3, -0.25) is 4.79 Å². The first kappa shape index (κ1) is 19.0. The maximum Gasteiger partial charge on any atom is 0.224 e. The average molecular weight is 370 g/mol. The van der Waals surface area contributed by atoms with Crippen molar-refractivity contribution in [1.29, 1.82) is 0 Å². The topological polar surface area (TPSA) is 69.7 Å². The van der Waals surface area contributed by atoms with Crippen molar-refractivity contribution in [1.82, 2.24) is 10.3 Å². The zero-order valence-electron chi connectivity index (χ0n) is 15.9. The Hall–Kier alpha value is -2.76. The molecule has 1 saturated carbocycles. The highest BCUT2D eigenvalue weighted by atomic mass is 16.5. The van der Waals surface area contributed by atoms with E-state index in [9.17, 15) is 4.79 Å². The third-order valence-electron chi connectivity index (χ3n) is 4.75. The molecule has 1 aromatic carbocycles. The van der Waals surface area contributed by atoms with Gasteiger partial charge < -0.3 is 19.5 Å². The molecule has 0 radical (unpaired) electrons. The number of aromatic nitrogens is 1. The maximum absolute atomic E-state index is 12.4. The van der Waals surface area contributed by atoms with E-state index < -0.39 is 0 Å². The number of hydrogen-bond donors (Lipinski definition) is 1. The smallest absolute Gasteiger partial charge is 0.224 e. The van der Waals surface area contributed by atoms with Crippen LogP contribution in [-0.2, 0) is 17.8 Å². The second-order valence-electron chi connectivity index (χ2n) is 6.62. The van der Waals surface area contributed by atoms with Gasteiger partial charge in [-0.2, -0.15) is 0 Å². The fourth-order valence-corrected chi connectivity index (χ4v) is 3.26. The van der Waals surface area contributed by atoms with Gasteiger partial charge in [-0.25, -0.2) is 4.98 Å². The Labute approximate surface area is 159 Å². The predicted molar refractivity (Wildman–Crippen MR) is 102 cm³/mol. The summed E-state index contributed by atoms with van der Waals surface area (Å²) in [6, 6.07) is 9.23. The number of nitrogens with zero attached hydrogens (tertiary/aromatic N) is 1. The fraction of sp³-hybridized carbons (Fsp3) is 0.429. The van der Waals surface area contributed by atoms with Crippen molar-refractivity contribution in [3.8, 4) is 17.4 Å². The van der Waals surface area contributed by atoms with Crippen LogP contribution >= 0.6 is 0 Å². The number of rotatable bonds is 8. The summed E-state index contributed by atoms with van der Waals surface area (Å²) >= 11 is 0. The molecule has 144 valence electrons. The number of pyridine rings is 1. The molecule has 1 fully saturated rings. The summed E-state index contributed by atoms with van der Waals surface area (Å²) in [4.78, 5) is 16.7. The Morgan fingerprint density at radius 2 is 1.96 bits per heavy atom. The molecule has 1 aliphatic rings. The molecule has 0 spiro atoms. The van der Waals surface area contributed by atoms with E-state index in [1.807, 2.05) is 24.3 Å². The zero-order chi connectivity index (χ0) is 19.1. The van der Waals surface area contributed by atoms with Gasteiger partial charge in [-0.15, -0.1) is 0 Å². The molecule has 0 bridgehead atoms. The van der Waals surface area contributed by atoms with Crippen molar-refractivity contribution in [2.24, 2.45) is 0 Å². The number of methoxy groups -OCH3 is 2. The second-order valence-corrected chi connectivity index (χ2v) is 6.62. The maximum atomic E-state index is 12.4. The van der Waals surface area contributed by atoms with Gasteiger partial charge in [-0.05, 0) is 37.8 Å². The molecular formula is C21H26N2O4. The number of hydrogen-bond acceptors (Lipinski definition) is 5. The lowest BCUT2D eigenvalue weighted by atomic mass is 10.1. The Balaban J connectivity index is 1.59. The Bertz CT molecular complexity index is 773. The number of carbonyl (C=O) groups excluding carboxylic acids is 1. The zero-order valence-corrected chi connectivity index (χ0v) is 15.9. The van der Waals surface area contributed by atoms with E-state index in [2.05, 4.69) is 10.3 Å². The lowest BCUT2D eigenvalue weighted by molar-refractivity contribution is -0.120. The van der Waals surface area contributed by atoms with Crippen molar-refractivity contribution in [3.63, 3.8) is 0 Å². The van der Waals surface area contributed by atoms with Gasteiger partial charge in [0.15, 0.2) is 0 Å². The second kappa shape index (κ2) is 9.26. The number of benzene rings is 1. The van der Waals surface area contributed by atoms with Gasteiger partial charge in [0.25, 0.3) is 0 Å². The summed E-state index contributed by atoms with van der Waals surface area (Å²) in [5.41, 5.74) is 1.70. The number of ether oxygens (including phenoxy) is 3. The molecule has 3 rings (SSSR count). The first-order valence-electron chi connectivity index (χ1n) is 9.27. The van der Waals surface area contributed by atoms with Crippen LogP contribution in [0.1, 0.15) is 36.8 Å². The van der Waals surface area contributed by atoms with Crippen molar-refractivity contribution in [2.75, 3.05) is 14.2 Å². The van der Waals surface area contributed by atoms with Crippen molar-refractivity contribution >= 4 is 5.91 Å². The standard InChI is InChI=1S/C21H26N2O4/c1-25-18-10-9-15(19(13-18)26-2)12-20(24)23-14-16-6-5-11-22-21(16)27-17-7-3-4-8-17/h5-6,9-11,13,17H,3-4,7-8,12,14H2,1-2H3,(H,23,24). The van der Waals surface area contributed by atoms with E-state index in [1.165, 1.54) is 12.8 Å². The molecule has 0 unspecified atom stereocenters. The van der Waals surface area contributed by atoms with Crippen LogP contribution in [0.3, 0.4) is 0 Å². The molecule has 6 nitrogen and oxygen atoms in total. The minimum absolute atomic E-state index is 0.0888. The molecule has 27 heavy (non-hydrogen) atoms. The van der Waals surface area contributed by atoms with Crippen LogP contribution in [0.15, 0.2) is 36.5 Å². The van der Waals surface area contributed by atoms with E-state index in [-0.39, 0.29) is 18.4 Å². The quantitative estimate of drug-likeness (QED) is 0.772. The van der Waals surface area contributed by atoms with Crippen LogP contribution in [0.5, 0.6) is 17.4 Å². The van der Waals surface area contributed by atoms with Crippen LogP contribution in [0.4, 0.5) is 0 Å². The van der Waals surface area contributed by atoms with Gasteiger partial charge in [0.05, 0.1) is 20.6 Å². The van der Waals surface area contributed by atoms with Gasteiger partial charge in [-0.1, -0.05) is 12.1 Å². The number of nitrogens with one attached hydrogen (secondary N) is 1. The summed E-state index contributed by atoms with van der Waals surface area (Å²) in [7, 11) is 3.18. The van der Waals surface area contributed by atoms with Crippen LogP contribution in [0.2, 0.25) is 0 Å². The molecular weight excluding hydrogens is 344 g/mol. The van der Waals surface area contributed by atoms with Crippen LogP contribution < -0.4 is 19.5 Å². The van der Waals surface area contributed by atoms with Crippen molar-refractivity contribution in [2.45, 2.75) is 44.8 Å². The normalized spacial score (nSPS) is 14.0. The summed E-state index contributed by atoms with van der Waals surface area (Å²) < 4.78 is 16.6. The Morgan fingerprint density at radius 1 is 1.15 bits per heavy atom. The Morgan fingerprint density at radius 3 is 2.70 bits per heavy atom. The van der Waals surface area contributed by atoms with Crippen LogP contribution in [0, 0.1) is 0 Å². The van der Waals surface area contributed by atoms with E-state index >= 15 is 0 Å². The third kappa shape index (κ3) is 5.12. The van der Waals surface area contributed by atoms with Gasteiger partial charge in [0.1, 0.15) is 17.6 Å². The monoisotopic (exact) mass is 370 g/mol. The van der Waals surface area contributed by atoms with E-state index in [0.29, 0.717) is 23.9 Å².